The first-order valence-electron chi connectivity index (χ1n) is 8.01. The zero-order chi connectivity index (χ0) is 21.3. The van der Waals surface area contributed by atoms with Crippen molar-refractivity contribution in [2.75, 3.05) is 5.32 Å². The molecule has 0 fully saturated rings. The number of amides is 1. The van der Waals surface area contributed by atoms with E-state index in [0.29, 0.717) is 0 Å². The molecule has 0 bridgehead atoms. The van der Waals surface area contributed by atoms with Crippen molar-refractivity contribution in [1.29, 1.82) is 5.41 Å². The summed E-state index contributed by atoms with van der Waals surface area (Å²) in [5.41, 5.74) is 1.70. The number of halogens is 4. The summed E-state index contributed by atoms with van der Waals surface area (Å²) < 4.78 is 42.4. The molecule has 0 spiro atoms. The third kappa shape index (κ3) is 3.85. The summed E-state index contributed by atoms with van der Waals surface area (Å²) in [7, 11) is 0. The first kappa shape index (κ1) is 20.2. The molecule has 0 saturated heterocycles. The van der Waals surface area contributed by atoms with Crippen molar-refractivity contribution in [2.45, 2.75) is 0 Å². The Morgan fingerprint density at radius 3 is 2.34 bits per heavy atom. The van der Waals surface area contributed by atoms with Crippen molar-refractivity contribution in [3.8, 4) is 0 Å². The molecule has 6 nitrogen and oxygen atoms in total. The lowest BCUT2D eigenvalue weighted by atomic mass is 9.99. The molecule has 0 saturated carbocycles. The fourth-order valence-electron chi connectivity index (χ4n) is 2.61. The van der Waals surface area contributed by atoms with Crippen molar-refractivity contribution in [3.05, 3.63) is 92.1 Å². The van der Waals surface area contributed by atoms with Gasteiger partial charge in [0, 0.05) is 17.3 Å². The van der Waals surface area contributed by atoms with Crippen LogP contribution in [0.25, 0.3) is 0 Å². The fourth-order valence-corrected chi connectivity index (χ4v) is 2.81. The number of aromatic amines is 1. The Bertz CT molecular complexity index is 1190. The maximum atomic E-state index is 14.3. The van der Waals surface area contributed by atoms with Gasteiger partial charge in [0.05, 0.1) is 22.0 Å². The molecule has 1 amide bonds. The highest BCUT2D eigenvalue weighted by Gasteiger charge is 2.22. The van der Waals surface area contributed by atoms with E-state index >= 15 is 0 Å². The van der Waals surface area contributed by atoms with Gasteiger partial charge in [0.25, 0.3) is 5.56 Å². The number of carbonyl (C=O) groups is 1. The second kappa shape index (κ2) is 7.80. The van der Waals surface area contributed by atoms with Gasteiger partial charge in [-0.15, -0.1) is 0 Å². The Labute approximate surface area is 166 Å². The average molecular weight is 421 g/mol. The largest absolute Gasteiger partial charge is 0.366 e. The van der Waals surface area contributed by atoms with Crippen molar-refractivity contribution in [1.82, 2.24) is 4.98 Å². The Hall–Kier alpha value is -3.59. The molecule has 5 N–H and O–H groups in total. The second-order valence-electron chi connectivity index (χ2n) is 5.87. The molecule has 0 unspecified atom stereocenters. The lowest BCUT2D eigenvalue weighted by Crippen LogP contribution is -2.22. The number of benzene rings is 2. The van der Waals surface area contributed by atoms with E-state index in [2.05, 4.69) is 10.3 Å². The zero-order valence-electron chi connectivity index (χ0n) is 14.4. The van der Waals surface area contributed by atoms with Crippen LogP contribution >= 0.6 is 11.6 Å². The first-order chi connectivity index (χ1) is 13.7. The molecule has 0 atom stereocenters. The van der Waals surface area contributed by atoms with Gasteiger partial charge < -0.3 is 16.0 Å². The van der Waals surface area contributed by atoms with Gasteiger partial charge in [-0.2, -0.15) is 0 Å². The van der Waals surface area contributed by atoms with Crippen LogP contribution in [0.4, 0.5) is 24.5 Å². The first-order valence-corrected chi connectivity index (χ1v) is 8.39. The standard InChI is InChI=1S/C19H12ClF3N4O2/c20-10-7-26-19(29)14(16(10)27-17-12(22)2-1-3-13(17)23)15(24)9-6-8(18(25)28)4-5-11(9)21/h1-7,24H,(H2,25,28)(H2,26,27,29). The number of para-hydroxylation sites is 1. The van der Waals surface area contributed by atoms with Crippen LogP contribution in [0, 0.1) is 22.9 Å². The molecule has 1 heterocycles. The van der Waals surface area contributed by atoms with Gasteiger partial charge in [-0.05, 0) is 30.3 Å². The van der Waals surface area contributed by atoms with Gasteiger partial charge in [0.15, 0.2) is 0 Å². The molecule has 0 radical (unpaired) electrons. The smallest absolute Gasteiger partial charge is 0.259 e. The van der Waals surface area contributed by atoms with Crippen LogP contribution in [0.15, 0.2) is 47.4 Å². The van der Waals surface area contributed by atoms with Gasteiger partial charge in [-0.1, -0.05) is 17.7 Å². The Morgan fingerprint density at radius 2 is 1.72 bits per heavy atom. The summed E-state index contributed by atoms with van der Waals surface area (Å²) in [6.07, 6.45) is 1.05. The van der Waals surface area contributed by atoms with Crippen molar-refractivity contribution in [2.24, 2.45) is 5.73 Å². The van der Waals surface area contributed by atoms with E-state index in [0.717, 1.165) is 42.6 Å². The molecular formula is C19H12ClF3N4O2. The van der Waals surface area contributed by atoms with E-state index in [1.807, 2.05) is 0 Å². The number of H-pyrrole nitrogens is 1. The molecule has 0 aliphatic carbocycles. The highest BCUT2D eigenvalue weighted by Crippen LogP contribution is 2.31. The zero-order valence-corrected chi connectivity index (χ0v) is 15.2. The number of primary amides is 1. The summed E-state index contributed by atoms with van der Waals surface area (Å²) in [6.45, 7) is 0. The van der Waals surface area contributed by atoms with E-state index in [-0.39, 0.29) is 16.3 Å². The molecule has 10 heteroatoms. The molecular weight excluding hydrogens is 409 g/mol. The number of nitrogens with two attached hydrogens (primary N) is 1. The minimum Gasteiger partial charge on any atom is -0.366 e. The van der Waals surface area contributed by atoms with Crippen molar-refractivity contribution >= 4 is 34.6 Å². The number of pyridine rings is 1. The van der Waals surface area contributed by atoms with E-state index in [9.17, 15) is 22.8 Å². The lowest BCUT2D eigenvalue weighted by Gasteiger charge is -2.15. The molecule has 0 aliphatic rings. The minimum atomic E-state index is -0.972. The number of anilines is 2. The van der Waals surface area contributed by atoms with E-state index in [4.69, 9.17) is 22.7 Å². The third-order valence-corrected chi connectivity index (χ3v) is 4.33. The number of hydrogen-bond acceptors (Lipinski definition) is 4. The normalized spacial score (nSPS) is 10.6. The van der Waals surface area contributed by atoms with Gasteiger partial charge in [0.1, 0.15) is 23.1 Å². The van der Waals surface area contributed by atoms with Gasteiger partial charge >= 0.3 is 0 Å². The summed E-state index contributed by atoms with van der Waals surface area (Å²) in [5.74, 6) is -3.73. The number of hydrogen-bond donors (Lipinski definition) is 4. The molecule has 3 aromatic rings. The topological polar surface area (TPSA) is 112 Å². The quantitative estimate of drug-likeness (QED) is 0.472. The average Bonchev–Trinajstić information content (AvgIpc) is 2.67. The molecule has 1 aromatic heterocycles. The lowest BCUT2D eigenvalue weighted by molar-refractivity contribution is 0.1000. The summed E-state index contributed by atoms with van der Waals surface area (Å²) in [6, 6.07) is 6.12. The molecule has 3 rings (SSSR count). The second-order valence-corrected chi connectivity index (χ2v) is 6.28. The number of carbonyl (C=O) groups excluding carboxylic acids is 1. The summed E-state index contributed by atoms with van der Waals surface area (Å²) >= 11 is 6.07. The van der Waals surface area contributed by atoms with Crippen LogP contribution < -0.4 is 16.6 Å². The highest BCUT2D eigenvalue weighted by atomic mass is 35.5. The molecule has 2 aromatic carbocycles. The molecule has 29 heavy (non-hydrogen) atoms. The number of nitrogens with one attached hydrogen (secondary N) is 3. The van der Waals surface area contributed by atoms with Crippen LogP contribution in [0.1, 0.15) is 21.5 Å². The Morgan fingerprint density at radius 1 is 1.07 bits per heavy atom. The minimum absolute atomic E-state index is 0.0979. The maximum absolute atomic E-state index is 14.3. The van der Waals surface area contributed by atoms with E-state index in [1.165, 1.54) is 0 Å². The third-order valence-electron chi connectivity index (χ3n) is 4.03. The predicted molar refractivity (Wildman–Crippen MR) is 103 cm³/mol. The SMILES string of the molecule is N=C(c1cc(C(N)=O)ccc1F)c1c(Nc2c(F)cccc2F)c(Cl)c[nH]c1=O. The Balaban J connectivity index is 2.20. The van der Waals surface area contributed by atoms with Crippen molar-refractivity contribution in [3.63, 3.8) is 0 Å². The van der Waals surface area contributed by atoms with Gasteiger partial charge in [0.2, 0.25) is 5.91 Å². The van der Waals surface area contributed by atoms with Crippen LogP contribution in [0.5, 0.6) is 0 Å². The molecule has 148 valence electrons. The van der Waals surface area contributed by atoms with Crippen LogP contribution in [-0.2, 0) is 0 Å². The van der Waals surface area contributed by atoms with Gasteiger partial charge in [-0.3, -0.25) is 15.0 Å². The van der Waals surface area contributed by atoms with Gasteiger partial charge in [-0.25, -0.2) is 13.2 Å². The monoisotopic (exact) mass is 420 g/mol. The highest BCUT2D eigenvalue weighted by molar-refractivity contribution is 6.34. The molecule has 0 aliphatic heterocycles. The van der Waals surface area contributed by atoms with Crippen molar-refractivity contribution < 1.29 is 18.0 Å². The Kier molecular flexibility index (Phi) is 5.42. The maximum Gasteiger partial charge on any atom is 0.259 e. The predicted octanol–water partition coefficient (Wildman–Crippen LogP) is 3.70. The van der Waals surface area contributed by atoms with Crippen LogP contribution in [0.2, 0.25) is 5.02 Å². The van der Waals surface area contributed by atoms with Crippen LogP contribution in [0.3, 0.4) is 0 Å². The van der Waals surface area contributed by atoms with Crippen LogP contribution in [-0.4, -0.2) is 16.6 Å². The van der Waals surface area contributed by atoms with E-state index in [1.54, 1.807) is 0 Å². The number of aromatic nitrogens is 1. The summed E-state index contributed by atoms with van der Waals surface area (Å²) in [4.78, 5) is 26.0. The number of rotatable bonds is 5. The fraction of sp³-hybridized carbons (Fsp3) is 0. The van der Waals surface area contributed by atoms with E-state index < -0.39 is 51.4 Å². The summed E-state index contributed by atoms with van der Waals surface area (Å²) in [5, 5.41) is 10.5.